The molecular weight excluding hydrogens is 1260 g/mol. The van der Waals surface area contributed by atoms with Crippen LogP contribution in [-0.4, -0.2) is 102 Å². The molecule has 3 heterocycles. The molecule has 1 amide bonds. The molecule has 0 aliphatic heterocycles. The first kappa shape index (κ1) is 72.6. The SMILES string of the molecule is C.C.C.COC(=O)c1cccc(S(=O)(=O)N[C@H]2CC[C@H](n3cc(F)c(N)nc3=O)C2)c1.Nc1nc(=O)n([C@H]2CC[C@H](NS(=O)(=O)c3cccc(C(=O)Nc4ccccc4)c3)C2)cc1F.Nc1nc(=O)n([C@H]2CC[C@H](NS(=O)(=O)c3cccc(C(=O)O)c3)C2)cc1F. The number of carboxylic acid groups (broad SMARTS) is 1. The van der Waals surface area contributed by atoms with Crippen molar-refractivity contribution in [1.82, 2.24) is 42.8 Å². The number of methoxy groups -OCH3 is 1. The summed E-state index contributed by atoms with van der Waals surface area (Å²) < 4.78 is 133. The van der Waals surface area contributed by atoms with Crippen molar-refractivity contribution in [3.63, 3.8) is 0 Å². The highest BCUT2D eigenvalue weighted by Gasteiger charge is 2.34. The van der Waals surface area contributed by atoms with E-state index < -0.39 is 136 Å². The van der Waals surface area contributed by atoms with Gasteiger partial charge in [-0.25, -0.2) is 76.6 Å². The van der Waals surface area contributed by atoms with E-state index in [0.29, 0.717) is 57.1 Å². The van der Waals surface area contributed by atoms with E-state index in [1.54, 1.807) is 24.3 Å². The Morgan fingerprint density at radius 1 is 0.505 bits per heavy atom. The minimum atomic E-state index is -3.94. The number of ether oxygens (including phenoxy) is 1. The number of para-hydroxylation sites is 1. The van der Waals surface area contributed by atoms with E-state index in [1.807, 2.05) is 6.07 Å². The molecule has 3 aliphatic rings. The van der Waals surface area contributed by atoms with Gasteiger partial charge in [0.2, 0.25) is 30.1 Å². The number of aromatic nitrogens is 6. The molecule has 3 aromatic heterocycles. The number of halogens is 3. The Morgan fingerprint density at radius 2 is 0.835 bits per heavy atom. The van der Waals surface area contributed by atoms with Gasteiger partial charge in [-0.1, -0.05) is 58.7 Å². The van der Waals surface area contributed by atoms with Gasteiger partial charge in [0.15, 0.2) is 34.9 Å². The number of aromatic carboxylic acids is 1. The zero-order valence-electron chi connectivity index (χ0n) is 46.4. The molecule has 3 aliphatic carbocycles. The number of esters is 1. The van der Waals surface area contributed by atoms with Gasteiger partial charge in [-0.05, 0) is 125 Å². The summed E-state index contributed by atoms with van der Waals surface area (Å²) in [6.45, 7) is 0. The second-order valence-corrected chi connectivity index (χ2v) is 25.7. The molecule has 10 rings (SSSR count). The number of nitrogens with two attached hydrogens (primary N) is 3. The van der Waals surface area contributed by atoms with E-state index in [0.717, 1.165) is 38.4 Å². The lowest BCUT2D eigenvalue weighted by Crippen LogP contribution is -2.34. The molecule has 3 saturated carbocycles. The first-order chi connectivity index (χ1) is 41.6. The number of hydrogen-bond acceptors (Lipinski definition) is 19. The van der Waals surface area contributed by atoms with Gasteiger partial charge in [-0.3, -0.25) is 18.5 Å². The molecule has 0 radical (unpaired) electrons. The number of hydrogen-bond donors (Lipinski definition) is 8. The summed E-state index contributed by atoms with van der Waals surface area (Å²) in [5, 5.41) is 11.7. The monoisotopic (exact) mass is 1330 g/mol. The van der Waals surface area contributed by atoms with Gasteiger partial charge in [0.1, 0.15) is 0 Å². The quantitative estimate of drug-likeness (QED) is 0.0533. The van der Waals surface area contributed by atoms with Crippen LogP contribution in [0, 0.1) is 17.5 Å². The molecular formula is C58H70F3N13O14S3. The highest BCUT2D eigenvalue weighted by atomic mass is 32.2. The zero-order valence-corrected chi connectivity index (χ0v) is 48.9. The second kappa shape index (κ2) is 30.6. The third-order valence-corrected chi connectivity index (χ3v) is 19.1. The van der Waals surface area contributed by atoms with Gasteiger partial charge in [0.05, 0.1) is 32.9 Å². The third kappa shape index (κ3) is 18.1. The lowest BCUT2D eigenvalue weighted by Gasteiger charge is -2.16. The van der Waals surface area contributed by atoms with Gasteiger partial charge < -0.3 is 32.4 Å². The minimum absolute atomic E-state index is 0. The summed E-state index contributed by atoms with van der Waals surface area (Å²) in [4.78, 5) is 81.0. The number of benzene rings is 4. The molecule has 0 bridgehead atoms. The molecule has 7 aromatic rings. The van der Waals surface area contributed by atoms with Crippen LogP contribution in [0.1, 0.15) is 129 Å². The van der Waals surface area contributed by atoms with Gasteiger partial charge in [0.25, 0.3) is 5.91 Å². The van der Waals surface area contributed by atoms with Crippen molar-refractivity contribution in [1.29, 1.82) is 0 Å². The highest BCUT2D eigenvalue weighted by Crippen LogP contribution is 2.33. The minimum Gasteiger partial charge on any atom is -0.478 e. The van der Waals surface area contributed by atoms with E-state index in [4.69, 9.17) is 22.3 Å². The van der Waals surface area contributed by atoms with Crippen LogP contribution in [0.25, 0.3) is 0 Å². The van der Waals surface area contributed by atoms with Crippen molar-refractivity contribution in [2.24, 2.45) is 0 Å². The van der Waals surface area contributed by atoms with Crippen LogP contribution in [0.2, 0.25) is 0 Å². The number of rotatable bonds is 16. The Balaban J connectivity index is 0.000000245. The molecule has 33 heteroatoms. The van der Waals surface area contributed by atoms with Gasteiger partial charge >= 0.3 is 29.0 Å². The number of amides is 1. The van der Waals surface area contributed by atoms with Crippen molar-refractivity contribution in [3.05, 3.63) is 187 Å². The highest BCUT2D eigenvalue weighted by molar-refractivity contribution is 7.90. The Bertz CT molecular complexity index is 4330. The Labute approximate surface area is 522 Å². The van der Waals surface area contributed by atoms with Crippen molar-refractivity contribution in [3.8, 4) is 0 Å². The molecule has 91 heavy (non-hydrogen) atoms. The van der Waals surface area contributed by atoms with Crippen LogP contribution in [0.4, 0.5) is 36.3 Å². The average molecular weight is 1330 g/mol. The molecule has 3 fully saturated rings. The molecule has 0 spiro atoms. The number of nitrogen functional groups attached to an aromatic ring is 3. The zero-order chi connectivity index (χ0) is 63.8. The molecule has 6 atom stereocenters. The van der Waals surface area contributed by atoms with Crippen LogP contribution < -0.4 is 53.8 Å². The maximum atomic E-state index is 13.8. The van der Waals surface area contributed by atoms with Crippen molar-refractivity contribution >= 4 is 71.1 Å². The average Bonchev–Trinajstić information content (AvgIpc) is 1.81. The normalized spacial score (nSPS) is 18.5. The predicted molar refractivity (Wildman–Crippen MR) is 332 cm³/mol. The van der Waals surface area contributed by atoms with Crippen molar-refractivity contribution < 1.29 is 62.7 Å². The summed E-state index contributed by atoms with van der Waals surface area (Å²) in [6.07, 6.45) is 6.55. The van der Waals surface area contributed by atoms with E-state index in [9.17, 15) is 67.2 Å². The fourth-order valence-electron chi connectivity index (χ4n) is 10.2. The molecule has 4 aromatic carbocycles. The van der Waals surface area contributed by atoms with Crippen LogP contribution in [0.15, 0.2) is 151 Å². The summed E-state index contributed by atoms with van der Waals surface area (Å²) in [6, 6.07) is 22.4. The van der Waals surface area contributed by atoms with Crippen LogP contribution >= 0.6 is 0 Å². The fourth-order valence-corrected chi connectivity index (χ4v) is 14.2. The lowest BCUT2D eigenvalue weighted by molar-refractivity contribution is 0.0599. The number of nitrogens with one attached hydrogen (secondary N) is 4. The molecule has 11 N–H and O–H groups in total. The Morgan fingerprint density at radius 3 is 1.19 bits per heavy atom. The Kier molecular flexibility index (Phi) is 24.4. The van der Waals surface area contributed by atoms with Crippen LogP contribution in [0.5, 0.6) is 0 Å². The van der Waals surface area contributed by atoms with E-state index in [1.165, 1.54) is 73.8 Å². The van der Waals surface area contributed by atoms with Crippen LogP contribution in [0.3, 0.4) is 0 Å². The maximum absolute atomic E-state index is 13.8. The number of carbonyl (C=O) groups is 3. The standard InChI is InChI=1S/C22H22FN5O4S.C17H19FN4O5S.C16H17FN4O5S.3CH4/c23-19-13-28(22(30)26-20(19)24)17-10-9-16(12-17)27-33(31,32)18-8-4-5-14(11-18)21(29)25-15-6-2-1-3-7-15;1-27-16(23)10-3-2-4-13(7-10)28(25,26)21-11-5-6-12(8-11)22-9-14(18)15(19)20-17(22)24;17-13-8-21(16(24)19-14(13)18)11-5-4-10(7-11)20-27(25,26)12-3-1-2-9(6-12)15(22)23;;;/h1-8,11,13,16-17,27H,9-10,12H2,(H,25,29)(H2,24,26,30);2-4,7,9,11-12,21H,5-6,8H2,1H3,(H2,19,20,24);1-3,6,8,10-11,20H,4-5,7H2,(H,22,23)(H2,18,19,24);3*1H4/t16-,17-;11-,12-;10-,11-;;;/m000.../s1. The lowest BCUT2D eigenvalue weighted by atomic mass is 10.2. The largest absolute Gasteiger partial charge is 0.478 e. The number of nitrogens with zero attached hydrogens (tertiary/aromatic N) is 6. The molecule has 0 unspecified atom stereocenters. The summed E-state index contributed by atoms with van der Waals surface area (Å²) in [5.41, 5.74) is 14.6. The van der Waals surface area contributed by atoms with E-state index in [2.05, 4.69) is 39.2 Å². The van der Waals surface area contributed by atoms with E-state index >= 15 is 0 Å². The first-order valence-electron chi connectivity index (χ1n) is 26.8. The summed E-state index contributed by atoms with van der Waals surface area (Å²) in [5.74, 6) is -6.15. The summed E-state index contributed by atoms with van der Waals surface area (Å²) in [7, 11) is -10.6. The smallest absolute Gasteiger partial charge is 0.349 e. The van der Waals surface area contributed by atoms with Gasteiger partial charge in [0, 0.05) is 66.1 Å². The van der Waals surface area contributed by atoms with Gasteiger partial charge in [-0.2, -0.15) is 15.0 Å². The Hall–Kier alpha value is -9.15. The van der Waals surface area contributed by atoms with E-state index in [-0.39, 0.29) is 60.1 Å². The topological polar surface area (TPSA) is 414 Å². The number of sulfonamides is 3. The third-order valence-electron chi connectivity index (χ3n) is 14.6. The fraction of sp³-hybridized carbons (Fsp3) is 0.328. The van der Waals surface area contributed by atoms with Crippen molar-refractivity contribution in [2.45, 2.75) is 131 Å². The molecule has 490 valence electrons. The van der Waals surface area contributed by atoms with Gasteiger partial charge in [-0.15, -0.1) is 0 Å². The molecule has 27 nitrogen and oxygen atoms in total. The molecule has 0 saturated heterocycles. The van der Waals surface area contributed by atoms with Crippen molar-refractivity contribution in [2.75, 3.05) is 29.6 Å². The number of carboxylic acids is 1. The number of anilines is 4. The predicted octanol–water partition coefficient (Wildman–Crippen LogP) is 5.76. The maximum Gasteiger partial charge on any atom is 0.349 e. The number of carbonyl (C=O) groups excluding carboxylic acids is 2. The van der Waals surface area contributed by atoms with Crippen LogP contribution in [-0.2, 0) is 34.8 Å². The second-order valence-electron chi connectivity index (χ2n) is 20.5. The summed E-state index contributed by atoms with van der Waals surface area (Å²) >= 11 is 0. The first-order valence-corrected chi connectivity index (χ1v) is 31.2.